The van der Waals surface area contributed by atoms with Crippen molar-refractivity contribution >= 4 is 5.97 Å². The van der Waals surface area contributed by atoms with Crippen molar-refractivity contribution in [3.63, 3.8) is 0 Å². The molecule has 2 nitrogen and oxygen atoms in total. The Morgan fingerprint density at radius 3 is 1.63 bits per heavy atom. The number of carbonyl (C=O) groups excluding carboxylic acids is 1. The van der Waals surface area contributed by atoms with Gasteiger partial charge < -0.3 is 4.74 Å². The molecule has 0 aromatic heterocycles. The molecule has 0 saturated carbocycles. The Balaban J connectivity index is 0. The van der Waals surface area contributed by atoms with E-state index in [1.807, 2.05) is 6.92 Å². The molecule has 2 heteroatoms. The van der Waals surface area contributed by atoms with E-state index in [1.54, 1.807) is 0 Å². The van der Waals surface area contributed by atoms with Crippen LogP contribution in [-0.4, -0.2) is 13.1 Å². The highest BCUT2D eigenvalue weighted by Gasteiger charge is 2.45. The van der Waals surface area contributed by atoms with Crippen LogP contribution in [0.2, 0.25) is 0 Å². The van der Waals surface area contributed by atoms with Crippen LogP contribution in [0.15, 0.2) is 0 Å². The average Bonchev–Trinajstić information content (AvgIpc) is 2.35. The van der Waals surface area contributed by atoms with E-state index < -0.39 is 5.41 Å². The Kier molecular flexibility index (Phi) is 10.3. The van der Waals surface area contributed by atoms with Crippen LogP contribution in [0, 0.1) is 29.1 Å². The Morgan fingerprint density at radius 2 is 1.42 bits per heavy atom. The van der Waals surface area contributed by atoms with Crippen molar-refractivity contribution in [3.8, 4) is 0 Å². The van der Waals surface area contributed by atoms with Crippen LogP contribution in [-0.2, 0) is 9.53 Å². The Labute approximate surface area is 121 Å². The summed E-state index contributed by atoms with van der Waals surface area (Å²) < 4.78 is 4.99. The summed E-state index contributed by atoms with van der Waals surface area (Å²) in [6.07, 6.45) is 1.25. The lowest BCUT2D eigenvalue weighted by molar-refractivity contribution is -0.160. The van der Waals surface area contributed by atoms with Crippen molar-refractivity contribution in [2.45, 2.75) is 68.7 Å². The summed E-state index contributed by atoms with van der Waals surface area (Å²) in [7, 11) is 1.48. The monoisotopic (exact) mass is 272 g/mol. The maximum atomic E-state index is 12.0. The van der Waals surface area contributed by atoms with Gasteiger partial charge in [-0.2, -0.15) is 0 Å². The molecule has 0 aliphatic heterocycles. The van der Waals surface area contributed by atoms with Crippen molar-refractivity contribution in [2.24, 2.45) is 29.1 Å². The normalized spacial score (nSPS) is 17.3. The molecule has 116 valence electrons. The number of esters is 1. The van der Waals surface area contributed by atoms with Crippen LogP contribution in [0.1, 0.15) is 68.7 Å². The molecule has 0 spiro atoms. The Hall–Kier alpha value is -0.530. The quantitative estimate of drug-likeness (QED) is 0.646. The molecule has 0 heterocycles. The van der Waals surface area contributed by atoms with E-state index in [1.165, 1.54) is 13.5 Å². The third-order valence-electron chi connectivity index (χ3n) is 4.61. The van der Waals surface area contributed by atoms with E-state index in [0.29, 0.717) is 17.8 Å². The maximum absolute atomic E-state index is 12.0. The lowest BCUT2D eigenvalue weighted by Gasteiger charge is -2.41. The third kappa shape index (κ3) is 5.54. The van der Waals surface area contributed by atoms with Crippen molar-refractivity contribution in [1.82, 2.24) is 0 Å². The number of ether oxygens (including phenoxy) is 1. The largest absolute Gasteiger partial charge is 0.469 e. The topological polar surface area (TPSA) is 26.3 Å². The van der Waals surface area contributed by atoms with Gasteiger partial charge in [-0.25, -0.2) is 0 Å². The SMILES string of the molecule is CCC.COC(=O)C(C)(C(C)C)C(C)C(C)C(C)C. The number of methoxy groups -OCH3 is 1. The van der Waals surface area contributed by atoms with Crippen LogP contribution in [0.4, 0.5) is 0 Å². The maximum Gasteiger partial charge on any atom is 0.312 e. The van der Waals surface area contributed by atoms with Crippen LogP contribution < -0.4 is 0 Å². The molecule has 3 atom stereocenters. The van der Waals surface area contributed by atoms with Gasteiger partial charge in [0.2, 0.25) is 0 Å². The summed E-state index contributed by atoms with van der Waals surface area (Å²) >= 11 is 0. The van der Waals surface area contributed by atoms with Crippen molar-refractivity contribution in [1.29, 1.82) is 0 Å². The summed E-state index contributed by atoms with van der Waals surface area (Å²) in [5.41, 5.74) is -0.390. The second-order valence-electron chi connectivity index (χ2n) is 6.53. The van der Waals surface area contributed by atoms with E-state index in [-0.39, 0.29) is 11.9 Å². The fourth-order valence-corrected chi connectivity index (χ4v) is 2.29. The molecule has 0 aliphatic rings. The second-order valence-corrected chi connectivity index (χ2v) is 6.53. The van der Waals surface area contributed by atoms with Crippen molar-refractivity contribution in [2.75, 3.05) is 7.11 Å². The first-order valence-electron chi connectivity index (χ1n) is 7.69. The Morgan fingerprint density at radius 1 is 1.05 bits per heavy atom. The Bertz CT molecular complexity index is 246. The van der Waals surface area contributed by atoms with Gasteiger partial charge in [0.1, 0.15) is 0 Å². The smallest absolute Gasteiger partial charge is 0.312 e. The number of hydrogen-bond donors (Lipinski definition) is 0. The molecule has 19 heavy (non-hydrogen) atoms. The minimum atomic E-state index is -0.390. The fourth-order valence-electron chi connectivity index (χ4n) is 2.29. The number of rotatable bonds is 5. The minimum Gasteiger partial charge on any atom is -0.469 e. The van der Waals surface area contributed by atoms with Crippen molar-refractivity contribution in [3.05, 3.63) is 0 Å². The zero-order valence-electron chi connectivity index (χ0n) is 14.8. The standard InChI is InChI=1S/C14H28O2.C3H8/c1-9(2)11(5)12(6)14(7,10(3)4)13(15)16-8;1-3-2/h9-12H,1-8H3;3H2,1-2H3. The molecule has 0 N–H and O–H groups in total. The van der Waals surface area contributed by atoms with E-state index in [0.717, 1.165) is 0 Å². The van der Waals surface area contributed by atoms with Crippen LogP contribution in [0.3, 0.4) is 0 Å². The first-order valence-corrected chi connectivity index (χ1v) is 7.69. The molecule has 0 aromatic rings. The highest BCUT2D eigenvalue weighted by atomic mass is 16.5. The van der Waals surface area contributed by atoms with E-state index in [2.05, 4.69) is 55.4 Å². The van der Waals surface area contributed by atoms with Gasteiger partial charge in [0.25, 0.3) is 0 Å². The summed E-state index contributed by atoms with van der Waals surface area (Å²) in [5, 5.41) is 0. The molecule has 0 amide bonds. The predicted molar refractivity (Wildman–Crippen MR) is 84.1 cm³/mol. The van der Waals surface area contributed by atoms with Crippen LogP contribution in [0.25, 0.3) is 0 Å². The molecule has 3 unspecified atom stereocenters. The van der Waals surface area contributed by atoms with Gasteiger partial charge in [-0.1, -0.05) is 61.8 Å². The van der Waals surface area contributed by atoms with Crippen LogP contribution in [0.5, 0.6) is 0 Å². The summed E-state index contributed by atoms with van der Waals surface area (Å²) in [6, 6.07) is 0. The lowest BCUT2D eigenvalue weighted by atomic mass is 9.63. The molecule has 0 rings (SSSR count). The first-order chi connectivity index (χ1) is 8.60. The molecule has 0 aliphatic carbocycles. The van der Waals surface area contributed by atoms with E-state index in [4.69, 9.17) is 4.74 Å². The van der Waals surface area contributed by atoms with Gasteiger partial charge in [-0.3, -0.25) is 4.79 Å². The van der Waals surface area contributed by atoms with Crippen molar-refractivity contribution < 1.29 is 9.53 Å². The van der Waals surface area contributed by atoms with Crippen LogP contribution >= 0.6 is 0 Å². The zero-order valence-corrected chi connectivity index (χ0v) is 14.8. The highest BCUT2D eigenvalue weighted by molar-refractivity contribution is 5.77. The molecule has 0 aromatic carbocycles. The summed E-state index contributed by atoms with van der Waals surface area (Å²) in [4.78, 5) is 12.0. The fraction of sp³-hybridized carbons (Fsp3) is 0.941. The molecule has 0 fully saturated rings. The second kappa shape index (κ2) is 9.39. The molecule has 0 radical (unpaired) electrons. The predicted octanol–water partition coefficient (Wildman–Crippen LogP) is 5.17. The van der Waals surface area contributed by atoms with E-state index >= 15 is 0 Å². The van der Waals surface area contributed by atoms with Gasteiger partial charge in [0.15, 0.2) is 0 Å². The van der Waals surface area contributed by atoms with Gasteiger partial charge in [-0.05, 0) is 30.6 Å². The van der Waals surface area contributed by atoms with Gasteiger partial charge in [-0.15, -0.1) is 0 Å². The zero-order chi connectivity index (χ0) is 15.8. The van der Waals surface area contributed by atoms with Gasteiger partial charge in [0, 0.05) is 0 Å². The minimum absolute atomic E-state index is 0.0810. The lowest BCUT2D eigenvalue weighted by Crippen LogP contribution is -2.43. The number of hydrogen-bond acceptors (Lipinski definition) is 2. The van der Waals surface area contributed by atoms with Gasteiger partial charge >= 0.3 is 5.97 Å². The van der Waals surface area contributed by atoms with Gasteiger partial charge in [0.05, 0.1) is 12.5 Å². The molecular weight excluding hydrogens is 236 g/mol. The third-order valence-corrected chi connectivity index (χ3v) is 4.61. The number of carbonyl (C=O) groups is 1. The summed E-state index contributed by atoms with van der Waals surface area (Å²) in [5.74, 6) is 1.61. The molecular formula is C17H36O2. The summed E-state index contributed by atoms with van der Waals surface area (Å²) in [6.45, 7) is 19.3. The molecule has 0 bridgehead atoms. The average molecular weight is 272 g/mol. The molecule has 0 saturated heterocycles. The first kappa shape index (κ1) is 20.8. The van der Waals surface area contributed by atoms with E-state index in [9.17, 15) is 4.79 Å². The highest BCUT2D eigenvalue weighted by Crippen LogP contribution is 2.42.